The average Bonchev–Trinajstić information content (AvgIpc) is 3.69. The first-order valence-electron chi connectivity index (χ1n) is 14.5. The third-order valence-corrected chi connectivity index (χ3v) is 9.13. The Morgan fingerprint density at radius 1 is 0.714 bits per heavy atom. The number of nitrogens with zero attached hydrogens (tertiary/aromatic N) is 4. The molecule has 3 aromatic heterocycles. The van der Waals surface area contributed by atoms with E-state index >= 15 is 0 Å². The lowest BCUT2D eigenvalue weighted by molar-refractivity contribution is 0.542. The number of hydrogen-bond acceptors (Lipinski definition) is 2. The second-order valence-electron chi connectivity index (χ2n) is 11.5. The molecule has 0 saturated carbocycles. The summed E-state index contributed by atoms with van der Waals surface area (Å²) in [5.74, 6) is 0.272. The molecule has 2 unspecified atom stereocenters. The van der Waals surface area contributed by atoms with Gasteiger partial charge >= 0.3 is 0 Å². The van der Waals surface area contributed by atoms with Crippen molar-refractivity contribution in [2.75, 3.05) is 4.90 Å². The van der Waals surface area contributed by atoms with Crippen LogP contribution in [0.5, 0.6) is 0 Å². The molecule has 1 aliphatic heterocycles. The molecule has 4 heteroatoms. The van der Waals surface area contributed by atoms with Gasteiger partial charge in [-0.25, -0.2) is 4.98 Å². The maximum absolute atomic E-state index is 5.05. The molecule has 0 spiro atoms. The van der Waals surface area contributed by atoms with Gasteiger partial charge in [-0.1, -0.05) is 85.0 Å². The van der Waals surface area contributed by atoms with E-state index in [1.807, 2.05) is 12.1 Å². The van der Waals surface area contributed by atoms with Gasteiger partial charge < -0.3 is 13.9 Å². The standard InChI is InChI=1S/C38H28N4/c1-38-20-10-8-15-32(38)31-14-4-7-18-36(31)42(38)28-23-26(33-25-40-21-11-9-19-37(40)39-33)22-27(24-28)41-34-16-5-2-12-29(34)30-13-3-6-17-35(30)41/h2-25,32H,1H3. The van der Waals surface area contributed by atoms with E-state index in [0.717, 1.165) is 28.3 Å². The highest BCUT2D eigenvalue weighted by molar-refractivity contribution is 6.09. The van der Waals surface area contributed by atoms with Crippen molar-refractivity contribution < 1.29 is 0 Å². The maximum Gasteiger partial charge on any atom is 0.137 e. The van der Waals surface area contributed by atoms with E-state index in [9.17, 15) is 0 Å². The molecule has 0 fully saturated rings. The largest absolute Gasteiger partial charge is 0.331 e. The fourth-order valence-corrected chi connectivity index (χ4v) is 7.26. The number of rotatable bonds is 3. The Bertz CT molecular complexity index is 2160. The van der Waals surface area contributed by atoms with Crippen LogP contribution >= 0.6 is 0 Å². The van der Waals surface area contributed by atoms with E-state index in [2.05, 4.69) is 155 Å². The fourth-order valence-electron chi connectivity index (χ4n) is 7.26. The molecule has 42 heavy (non-hydrogen) atoms. The molecule has 4 heterocycles. The van der Waals surface area contributed by atoms with Crippen LogP contribution in [0.3, 0.4) is 0 Å². The topological polar surface area (TPSA) is 25.5 Å². The zero-order valence-electron chi connectivity index (χ0n) is 23.2. The summed E-state index contributed by atoms with van der Waals surface area (Å²) in [6.45, 7) is 2.36. The Morgan fingerprint density at radius 3 is 2.24 bits per heavy atom. The van der Waals surface area contributed by atoms with E-state index < -0.39 is 0 Å². The van der Waals surface area contributed by atoms with E-state index in [0.29, 0.717) is 0 Å². The molecular formula is C38H28N4. The van der Waals surface area contributed by atoms with Crippen molar-refractivity contribution in [2.45, 2.75) is 18.4 Å². The lowest BCUT2D eigenvalue weighted by atomic mass is 9.80. The van der Waals surface area contributed by atoms with Crippen molar-refractivity contribution >= 4 is 38.8 Å². The summed E-state index contributed by atoms with van der Waals surface area (Å²) in [5, 5.41) is 2.51. The van der Waals surface area contributed by atoms with Crippen molar-refractivity contribution in [3.63, 3.8) is 0 Å². The molecule has 7 aromatic rings. The van der Waals surface area contributed by atoms with Crippen LogP contribution in [0, 0.1) is 0 Å². The summed E-state index contributed by atoms with van der Waals surface area (Å²) in [5.41, 5.74) is 10.0. The summed E-state index contributed by atoms with van der Waals surface area (Å²) in [7, 11) is 0. The molecule has 0 saturated heterocycles. The number of imidazole rings is 1. The third kappa shape index (κ3) is 3.20. The highest BCUT2D eigenvalue weighted by Gasteiger charge is 2.46. The van der Waals surface area contributed by atoms with Gasteiger partial charge in [0.1, 0.15) is 5.65 Å². The first kappa shape index (κ1) is 23.4. The van der Waals surface area contributed by atoms with Gasteiger partial charge in [0.25, 0.3) is 0 Å². The van der Waals surface area contributed by atoms with Crippen molar-refractivity contribution in [3.8, 4) is 16.9 Å². The van der Waals surface area contributed by atoms with Crippen molar-refractivity contribution in [1.29, 1.82) is 0 Å². The smallest absolute Gasteiger partial charge is 0.137 e. The molecule has 4 aromatic carbocycles. The predicted octanol–water partition coefficient (Wildman–Crippen LogP) is 9.22. The summed E-state index contributed by atoms with van der Waals surface area (Å²) >= 11 is 0. The SMILES string of the molecule is CC12C=CC=CC1c1ccccc1N2c1cc(-c2cn3ccccc3n2)cc(-n2c3ccccc3c3ccccc32)c1. The van der Waals surface area contributed by atoms with Gasteiger partial charge in [-0.15, -0.1) is 0 Å². The minimum atomic E-state index is -0.228. The van der Waals surface area contributed by atoms with Gasteiger partial charge in [0.05, 0.1) is 22.3 Å². The zero-order valence-corrected chi connectivity index (χ0v) is 23.2. The zero-order chi connectivity index (χ0) is 27.8. The minimum absolute atomic E-state index is 0.228. The van der Waals surface area contributed by atoms with Crippen LogP contribution in [-0.4, -0.2) is 19.5 Å². The average molecular weight is 541 g/mol. The molecular weight excluding hydrogens is 512 g/mol. The third-order valence-electron chi connectivity index (χ3n) is 9.13. The lowest BCUT2D eigenvalue weighted by Gasteiger charge is -2.39. The normalized spacial score (nSPS) is 19.2. The molecule has 0 amide bonds. The van der Waals surface area contributed by atoms with Gasteiger partial charge in [0, 0.05) is 51.7 Å². The molecule has 4 nitrogen and oxygen atoms in total. The number of aromatic nitrogens is 3. The number of para-hydroxylation sites is 3. The van der Waals surface area contributed by atoms with Crippen LogP contribution in [0.25, 0.3) is 44.4 Å². The van der Waals surface area contributed by atoms with Crippen LogP contribution in [0.1, 0.15) is 18.4 Å². The summed E-state index contributed by atoms with van der Waals surface area (Å²) < 4.78 is 4.51. The number of anilines is 2. The monoisotopic (exact) mass is 540 g/mol. The van der Waals surface area contributed by atoms with E-state index in [1.54, 1.807) is 0 Å². The van der Waals surface area contributed by atoms with Crippen LogP contribution < -0.4 is 4.90 Å². The van der Waals surface area contributed by atoms with E-state index in [-0.39, 0.29) is 11.5 Å². The number of pyridine rings is 1. The molecule has 1 aliphatic carbocycles. The molecule has 0 bridgehead atoms. The molecule has 0 N–H and O–H groups in total. The van der Waals surface area contributed by atoms with Crippen molar-refractivity contribution in [1.82, 2.24) is 14.0 Å². The first-order chi connectivity index (χ1) is 20.7. The second-order valence-corrected chi connectivity index (χ2v) is 11.5. The Kier molecular flexibility index (Phi) is 4.77. The van der Waals surface area contributed by atoms with Crippen LogP contribution in [0.2, 0.25) is 0 Å². The highest BCUT2D eigenvalue weighted by atomic mass is 15.2. The maximum atomic E-state index is 5.05. The lowest BCUT2D eigenvalue weighted by Crippen LogP contribution is -2.42. The first-order valence-corrected chi connectivity index (χ1v) is 14.5. The van der Waals surface area contributed by atoms with Gasteiger partial charge in [-0.2, -0.15) is 0 Å². The molecule has 2 aliphatic rings. The number of hydrogen-bond donors (Lipinski definition) is 0. The second kappa shape index (κ2) is 8.58. The van der Waals surface area contributed by atoms with Gasteiger partial charge in [-0.05, 0) is 61.0 Å². The fraction of sp³-hybridized carbons (Fsp3) is 0.0789. The van der Waals surface area contributed by atoms with Crippen LogP contribution in [0.4, 0.5) is 11.4 Å². The van der Waals surface area contributed by atoms with E-state index in [1.165, 1.54) is 33.1 Å². The number of fused-ring (bicyclic) bond motifs is 7. The Labute approximate surface area is 244 Å². The molecule has 2 atom stereocenters. The summed E-state index contributed by atoms with van der Waals surface area (Å²) in [6.07, 6.45) is 13.3. The highest BCUT2D eigenvalue weighted by Crippen LogP contribution is 2.54. The Balaban J connectivity index is 1.36. The van der Waals surface area contributed by atoms with Gasteiger partial charge in [0.15, 0.2) is 0 Å². The Hall–Kier alpha value is -5.35. The van der Waals surface area contributed by atoms with Gasteiger partial charge in [-0.3, -0.25) is 0 Å². The van der Waals surface area contributed by atoms with Crippen molar-refractivity contribution in [2.24, 2.45) is 0 Å². The minimum Gasteiger partial charge on any atom is -0.331 e. The van der Waals surface area contributed by atoms with E-state index in [4.69, 9.17) is 4.98 Å². The molecule has 0 radical (unpaired) electrons. The van der Waals surface area contributed by atoms with Crippen LogP contribution in [0.15, 0.2) is 146 Å². The number of allylic oxidation sites excluding steroid dienone is 2. The number of benzene rings is 4. The van der Waals surface area contributed by atoms with Crippen molar-refractivity contribution in [3.05, 3.63) is 151 Å². The molecule has 200 valence electrons. The predicted molar refractivity (Wildman–Crippen MR) is 173 cm³/mol. The summed E-state index contributed by atoms with van der Waals surface area (Å²) in [4.78, 5) is 7.58. The summed E-state index contributed by atoms with van der Waals surface area (Å²) in [6, 6.07) is 39.4. The molecule has 9 rings (SSSR count). The van der Waals surface area contributed by atoms with Gasteiger partial charge in [0.2, 0.25) is 0 Å². The Morgan fingerprint density at radius 2 is 1.43 bits per heavy atom. The van der Waals surface area contributed by atoms with Crippen LogP contribution in [-0.2, 0) is 0 Å². The quantitative estimate of drug-likeness (QED) is 0.223.